The molecule has 0 spiro atoms. The number of rotatable bonds is 5. The van der Waals surface area contributed by atoms with Gasteiger partial charge in [-0.25, -0.2) is 0 Å². The van der Waals surface area contributed by atoms with Crippen LogP contribution in [0.2, 0.25) is 0 Å². The number of alkyl halides is 3. The van der Waals surface area contributed by atoms with Gasteiger partial charge in [-0.2, -0.15) is 18.3 Å². The average Bonchev–Trinajstić information content (AvgIpc) is 3.26. The number of amides is 1. The summed E-state index contributed by atoms with van der Waals surface area (Å²) >= 11 is 3.29. The first-order chi connectivity index (χ1) is 11.3. The van der Waals surface area contributed by atoms with Gasteiger partial charge in [0.1, 0.15) is 0 Å². The Morgan fingerprint density at radius 2 is 2.08 bits per heavy atom. The lowest BCUT2D eigenvalue weighted by Crippen LogP contribution is -2.28. The quantitative estimate of drug-likeness (QED) is 0.823. The van der Waals surface area contributed by atoms with Gasteiger partial charge >= 0.3 is 6.18 Å². The molecular weight excluding hydrogens is 387 g/mol. The largest absolute Gasteiger partial charge is 0.435 e. The second-order valence-electron chi connectivity index (χ2n) is 5.72. The minimum absolute atomic E-state index is 0.148. The third-order valence-corrected chi connectivity index (χ3v) is 4.29. The molecule has 1 aromatic carbocycles. The van der Waals surface area contributed by atoms with E-state index in [9.17, 15) is 18.0 Å². The molecule has 0 unspecified atom stereocenters. The molecule has 0 radical (unpaired) electrons. The van der Waals surface area contributed by atoms with Crippen molar-refractivity contribution in [2.75, 3.05) is 6.54 Å². The van der Waals surface area contributed by atoms with E-state index in [4.69, 9.17) is 0 Å². The molecule has 1 heterocycles. The molecule has 1 saturated carbocycles. The highest BCUT2D eigenvalue weighted by atomic mass is 79.9. The van der Waals surface area contributed by atoms with E-state index >= 15 is 0 Å². The number of nitrogens with zero attached hydrogens (tertiary/aromatic N) is 2. The summed E-state index contributed by atoms with van der Waals surface area (Å²) in [6.07, 6.45) is -2.69. The summed E-state index contributed by atoms with van der Waals surface area (Å²) in [7, 11) is 0. The molecule has 0 atom stereocenters. The Balaban J connectivity index is 1.64. The van der Waals surface area contributed by atoms with Crippen LogP contribution in [0.4, 0.5) is 13.2 Å². The van der Waals surface area contributed by atoms with Crippen LogP contribution in [-0.2, 0) is 12.7 Å². The Hall–Kier alpha value is -1.83. The van der Waals surface area contributed by atoms with Crippen LogP contribution >= 0.6 is 15.9 Å². The van der Waals surface area contributed by atoms with Gasteiger partial charge in [-0.1, -0.05) is 22.0 Å². The van der Waals surface area contributed by atoms with Crippen molar-refractivity contribution in [3.05, 3.63) is 51.8 Å². The number of benzene rings is 1. The summed E-state index contributed by atoms with van der Waals surface area (Å²) in [6, 6.07) is 8.02. The van der Waals surface area contributed by atoms with E-state index in [1.165, 1.54) is 4.68 Å². The van der Waals surface area contributed by atoms with E-state index in [1.807, 2.05) is 0 Å². The molecule has 1 aliphatic rings. The lowest BCUT2D eigenvalue weighted by molar-refractivity contribution is -0.141. The second-order valence-corrected chi connectivity index (χ2v) is 6.63. The summed E-state index contributed by atoms with van der Waals surface area (Å²) in [5.74, 6) is -0.123. The fourth-order valence-corrected chi connectivity index (χ4v) is 2.86. The highest BCUT2D eigenvalue weighted by Crippen LogP contribution is 2.42. The molecule has 4 nitrogen and oxygen atoms in total. The number of nitrogens with one attached hydrogen (secondary N) is 1. The van der Waals surface area contributed by atoms with Gasteiger partial charge < -0.3 is 5.32 Å². The highest BCUT2D eigenvalue weighted by molar-refractivity contribution is 9.10. The number of hydrogen-bond donors (Lipinski definition) is 1. The summed E-state index contributed by atoms with van der Waals surface area (Å²) in [5, 5.41) is 6.37. The first-order valence-corrected chi connectivity index (χ1v) is 8.32. The van der Waals surface area contributed by atoms with Crippen LogP contribution in [0, 0.1) is 0 Å². The second kappa shape index (κ2) is 6.58. The first kappa shape index (κ1) is 17.0. The van der Waals surface area contributed by atoms with E-state index in [2.05, 4.69) is 26.3 Å². The van der Waals surface area contributed by atoms with Crippen LogP contribution in [0.3, 0.4) is 0 Å². The Bertz CT molecular complexity index is 753. The summed E-state index contributed by atoms with van der Waals surface area (Å²) in [5.41, 5.74) is 0.213. The van der Waals surface area contributed by atoms with Crippen molar-refractivity contribution in [1.29, 1.82) is 0 Å². The molecule has 1 N–H and O–H groups in total. The van der Waals surface area contributed by atoms with Gasteiger partial charge in [0.25, 0.3) is 5.91 Å². The van der Waals surface area contributed by atoms with E-state index < -0.39 is 11.9 Å². The first-order valence-electron chi connectivity index (χ1n) is 7.53. The summed E-state index contributed by atoms with van der Waals surface area (Å²) < 4.78 is 40.6. The normalized spacial score (nSPS) is 14.7. The van der Waals surface area contributed by atoms with Crippen molar-refractivity contribution in [2.24, 2.45) is 0 Å². The van der Waals surface area contributed by atoms with Crippen LogP contribution < -0.4 is 5.32 Å². The maximum absolute atomic E-state index is 12.8. The Morgan fingerprint density at radius 3 is 2.71 bits per heavy atom. The van der Waals surface area contributed by atoms with Crippen LogP contribution in [-0.4, -0.2) is 22.2 Å². The van der Waals surface area contributed by atoms with Crippen molar-refractivity contribution >= 4 is 21.8 Å². The third-order valence-electron chi connectivity index (χ3n) is 3.79. The third kappa shape index (κ3) is 3.98. The molecule has 2 aromatic rings. The van der Waals surface area contributed by atoms with Gasteiger partial charge in [0, 0.05) is 28.2 Å². The predicted molar refractivity (Wildman–Crippen MR) is 85.7 cm³/mol. The molecule has 0 bridgehead atoms. The van der Waals surface area contributed by atoms with Gasteiger partial charge in [0.2, 0.25) is 0 Å². The van der Waals surface area contributed by atoms with E-state index in [0.29, 0.717) is 11.3 Å². The van der Waals surface area contributed by atoms with Crippen LogP contribution in [0.25, 0.3) is 0 Å². The maximum Gasteiger partial charge on any atom is 0.435 e. The number of carbonyl (C=O) groups excluding carboxylic acids is 1. The van der Waals surface area contributed by atoms with Crippen molar-refractivity contribution in [2.45, 2.75) is 31.5 Å². The van der Waals surface area contributed by atoms with E-state index in [0.717, 1.165) is 23.4 Å². The molecule has 0 aliphatic heterocycles. The Kier molecular flexibility index (Phi) is 4.67. The summed E-state index contributed by atoms with van der Waals surface area (Å²) in [4.78, 5) is 12.0. The topological polar surface area (TPSA) is 46.9 Å². The minimum atomic E-state index is -4.45. The molecule has 8 heteroatoms. The van der Waals surface area contributed by atoms with Crippen LogP contribution in [0.1, 0.15) is 40.5 Å². The van der Waals surface area contributed by atoms with Crippen molar-refractivity contribution < 1.29 is 18.0 Å². The predicted octanol–water partition coefficient (Wildman–Crippen LogP) is 3.97. The number of aromatic nitrogens is 2. The average molecular weight is 402 g/mol. The molecule has 3 rings (SSSR count). The SMILES string of the molecule is O=C(NCCn1nc(C(F)(F)F)cc1C1CC1)c1cccc(Br)c1. The highest BCUT2D eigenvalue weighted by Gasteiger charge is 2.37. The van der Waals surface area contributed by atoms with Gasteiger partial charge in [-0.05, 0) is 37.1 Å². The zero-order valence-electron chi connectivity index (χ0n) is 12.6. The number of halogens is 4. The van der Waals surface area contributed by atoms with Crippen molar-refractivity contribution in [1.82, 2.24) is 15.1 Å². The van der Waals surface area contributed by atoms with Gasteiger partial charge in [0.05, 0.1) is 6.54 Å². The van der Waals surface area contributed by atoms with Gasteiger partial charge in [0.15, 0.2) is 5.69 Å². The van der Waals surface area contributed by atoms with E-state index in [-0.39, 0.29) is 24.9 Å². The van der Waals surface area contributed by atoms with Gasteiger partial charge in [-0.15, -0.1) is 0 Å². The zero-order chi connectivity index (χ0) is 17.3. The lowest BCUT2D eigenvalue weighted by atomic mass is 10.2. The number of hydrogen-bond acceptors (Lipinski definition) is 2. The molecular formula is C16H15BrF3N3O. The smallest absolute Gasteiger partial charge is 0.350 e. The molecule has 1 amide bonds. The van der Waals surface area contributed by atoms with E-state index in [1.54, 1.807) is 24.3 Å². The molecule has 24 heavy (non-hydrogen) atoms. The number of carbonyl (C=O) groups is 1. The molecule has 128 valence electrons. The monoisotopic (exact) mass is 401 g/mol. The molecule has 0 saturated heterocycles. The van der Waals surface area contributed by atoms with Crippen LogP contribution in [0.5, 0.6) is 0 Å². The summed E-state index contributed by atoms with van der Waals surface area (Å²) in [6.45, 7) is 0.422. The van der Waals surface area contributed by atoms with Crippen molar-refractivity contribution in [3.8, 4) is 0 Å². The van der Waals surface area contributed by atoms with Crippen LogP contribution in [0.15, 0.2) is 34.8 Å². The standard InChI is InChI=1S/C16H15BrF3N3O/c17-12-3-1-2-11(8-12)15(24)21-6-7-23-13(10-4-5-10)9-14(22-23)16(18,19)20/h1-3,8-10H,4-7H2,(H,21,24). The molecule has 1 fully saturated rings. The fraction of sp³-hybridized carbons (Fsp3) is 0.375. The fourth-order valence-electron chi connectivity index (χ4n) is 2.46. The Labute approximate surface area is 145 Å². The zero-order valence-corrected chi connectivity index (χ0v) is 14.2. The van der Waals surface area contributed by atoms with Gasteiger partial charge in [-0.3, -0.25) is 9.48 Å². The molecule has 1 aliphatic carbocycles. The minimum Gasteiger partial charge on any atom is -0.350 e. The van der Waals surface area contributed by atoms with Crippen molar-refractivity contribution in [3.63, 3.8) is 0 Å². The maximum atomic E-state index is 12.8. The lowest BCUT2D eigenvalue weighted by Gasteiger charge is -2.08. The molecule has 1 aromatic heterocycles. The Morgan fingerprint density at radius 1 is 1.33 bits per heavy atom.